The van der Waals surface area contributed by atoms with Crippen molar-refractivity contribution in [2.24, 2.45) is 0 Å². The third-order valence-corrected chi connectivity index (χ3v) is 9.37. The Morgan fingerprint density at radius 2 is 2.00 bits per heavy atom. The fraction of sp³-hybridized carbons (Fsp3) is 0.310. The maximum absolute atomic E-state index is 16.4. The van der Waals surface area contributed by atoms with Gasteiger partial charge in [-0.1, -0.05) is 48.5 Å². The molecule has 5 atom stereocenters. The highest BCUT2D eigenvalue weighted by Gasteiger charge is 2.67. The molecular weight excluding hydrogens is 590 g/mol. The maximum atomic E-state index is 16.4. The van der Waals surface area contributed by atoms with Gasteiger partial charge in [-0.3, -0.25) is 9.05 Å². The van der Waals surface area contributed by atoms with Crippen molar-refractivity contribution in [1.29, 1.82) is 5.26 Å². The van der Waals surface area contributed by atoms with Crippen molar-refractivity contribution >= 4 is 30.1 Å². The van der Waals surface area contributed by atoms with Gasteiger partial charge in [0.2, 0.25) is 5.60 Å². The number of para-hydroxylation sites is 1. The van der Waals surface area contributed by atoms with Crippen LogP contribution in [0.4, 0.5) is 10.2 Å². The van der Waals surface area contributed by atoms with E-state index in [0.717, 1.165) is 39.8 Å². The normalized spacial score (nSPS) is 24.9. The molecule has 0 spiro atoms. The first kappa shape index (κ1) is 29.8. The van der Waals surface area contributed by atoms with E-state index in [-0.39, 0.29) is 30.3 Å². The number of halogens is 1. The van der Waals surface area contributed by atoms with Crippen molar-refractivity contribution in [3.8, 4) is 6.07 Å². The van der Waals surface area contributed by atoms with Crippen LogP contribution in [-0.2, 0) is 37.0 Å². The number of aromatic nitrogens is 5. The summed E-state index contributed by atoms with van der Waals surface area (Å²) in [5.41, 5.74) is 3.55. The summed E-state index contributed by atoms with van der Waals surface area (Å²) < 4.78 is 48.9. The summed E-state index contributed by atoms with van der Waals surface area (Å²) in [5.74, 6) is 0.00791. The molecule has 228 valence electrons. The molecule has 2 aromatic carbocycles. The average Bonchev–Trinajstić information content (AvgIpc) is 3.71. The van der Waals surface area contributed by atoms with Gasteiger partial charge in [0.15, 0.2) is 17.1 Å². The van der Waals surface area contributed by atoms with Gasteiger partial charge in [-0.2, -0.15) is 10.4 Å². The molecule has 13 nitrogen and oxygen atoms in total. The number of imidazole rings is 1. The average molecular weight is 621 g/mol. The quantitative estimate of drug-likeness (QED) is 0.158. The number of nitrogens with zero attached hydrogens (tertiary/aromatic N) is 5. The number of hydrogen-bond donors (Lipinski definition) is 4. The van der Waals surface area contributed by atoms with E-state index < -0.39 is 37.8 Å². The van der Waals surface area contributed by atoms with Crippen molar-refractivity contribution in [2.75, 3.05) is 18.9 Å². The lowest BCUT2D eigenvalue weighted by Crippen LogP contribution is -2.48. The minimum Gasteiger partial charge on any atom is -0.387 e. The molecule has 0 aliphatic carbocycles. The molecule has 1 fully saturated rings. The Hall–Kier alpha value is -4.22. The number of nitriles is 1. The van der Waals surface area contributed by atoms with Gasteiger partial charge in [-0.25, -0.2) is 28.5 Å². The molecule has 0 radical (unpaired) electrons. The number of fused-ring (bicyclic) bond motifs is 2. The van der Waals surface area contributed by atoms with Crippen LogP contribution in [-0.4, -0.2) is 60.7 Å². The topological polar surface area (TPSA) is 186 Å². The zero-order valence-electron chi connectivity index (χ0n) is 23.6. The molecule has 44 heavy (non-hydrogen) atoms. The Bertz CT molecular complexity index is 1880. The Kier molecular flexibility index (Phi) is 7.93. The van der Waals surface area contributed by atoms with E-state index in [2.05, 4.69) is 25.1 Å². The third kappa shape index (κ3) is 5.24. The van der Waals surface area contributed by atoms with Crippen LogP contribution in [0.1, 0.15) is 23.7 Å². The molecule has 0 bridgehead atoms. The summed E-state index contributed by atoms with van der Waals surface area (Å²) in [6.45, 7) is 0.645. The fourth-order valence-corrected chi connectivity index (χ4v) is 6.67. The van der Waals surface area contributed by atoms with Crippen molar-refractivity contribution in [3.05, 3.63) is 90.1 Å². The molecule has 5 N–H and O–H groups in total. The number of aromatic amines is 1. The number of aliphatic hydroxyl groups excluding tert-OH is 1. The minimum atomic E-state index is -4.05. The van der Waals surface area contributed by atoms with Gasteiger partial charge >= 0.3 is 7.75 Å². The van der Waals surface area contributed by atoms with Crippen LogP contribution in [0.2, 0.25) is 0 Å². The molecule has 0 saturated carbocycles. The summed E-state index contributed by atoms with van der Waals surface area (Å²) in [7, 11) is -4.05. The minimum absolute atomic E-state index is 0.00791. The zero-order chi connectivity index (χ0) is 31.0. The van der Waals surface area contributed by atoms with Crippen LogP contribution >= 0.6 is 7.75 Å². The SMILES string of the molecule is C[C@@]1(F)[C@H](O)[C@@H](COP(=O)(NCCc2c[nH]c3ccccc23)OCc2ccccc2)O[C@@]1(C#N)c1cnc2c(N)ncnn12. The third-order valence-electron chi connectivity index (χ3n) is 7.80. The zero-order valence-corrected chi connectivity index (χ0v) is 24.5. The van der Waals surface area contributed by atoms with E-state index >= 15 is 4.39 Å². The van der Waals surface area contributed by atoms with Crippen molar-refractivity contribution < 1.29 is 27.8 Å². The molecule has 4 heterocycles. The maximum Gasteiger partial charge on any atom is 0.405 e. The lowest BCUT2D eigenvalue weighted by Gasteiger charge is -2.30. The van der Waals surface area contributed by atoms with Gasteiger partial charge in [0.25, 0.3) is 0 Å². The largest absolute Gasteiger partial charge is 0.405 e. The van der Waals surface area contributed by atoms with Crippen molar-refractivity contribution in [2.45, 2.75) is 43.4 Å². The van der Waals surface area contributed by atoms with Crippen LogP contribution < -0.4 is 10.8 Å². The Morgan fingerprint density at radius 3 is 2.80 bits per heavy atom. The molecule has 1 unspecified atom stereocenters. The van der Waals surface area contributed by atoms with Gasteiger partial charge in [0, 0.05) is 23.6 Å². The summed E-state index contributed by atoms with van der Waals surface area (Å²) in [4.78, 5) is 11.2. The van der Waals surface area contributed by atoms with Crippen molar-refractivity contribution in [3.63, 3.8) is 0 Å². The molecular formula is C29H30FN8O5P. The summed E-state index contributed by atoms with van der Waals surface area (Å²) in [6, 6.07) is 18.8. The van der Waals surface area contributed by atoms with Gasteiger partial charge in [0.05, 0.1) is 19.4 Å². The molecule has 3 aromatic heterocycles. The second-order valence-corrected chi connectivity index (χ2v) is 12.4. The van der Waals surface area contributed by atoms with Crippen LogP contribution in [0.15, 0.2) is 73.3 Å². The van der Waals surface area contributed by atoms with Crippen LogP contribution in [0.5, 0.6) is 0 Å². The number of rotatable bonds is 11. The first-order chi connectivity index (χ1) is 21.2. The lowest BCUT2D eigenvalue weighted by atomic mass is 9.82. The second kappa shape index (κ2) is 11.7. The predicted molar refractivity (Wildman–Crippen MR) is 158 cm³/mol. The van der Waals surface area contributed by atoms with Gasteiger partial charge < -0.3 is 20.6 Å². The molecule has 1 saturated heterocycles. The summed E-state index contributed by atoms with van der Waals surface area (Å²) in [5, 5.41) is 29.2. The number of H-pyrrole nitrogens is 1. The van der Waals surface area contributed by atoms with Gasteiger partial charge in [0.1, 0.15) is 30.3 Å². The van der Waals surface area contributed by atoms with Gasteiger partial charge in [-0.15, -0.1) is 0 Å². The molecule has 15 heteroatoms. The number of ether oxygens (including phenoxy) is 1. The number of aliphatic hydroxyl groups is 1. The summed E-state index contributed by atoms with van der Waals surface area (Å²) >= 11 is 0. The molecule has 5 aromatic rings. The number of benzene rings is 2. The number of nitrogen functional groups attached to an aromatic ring is 1. The number of alkyl halides is 1. The Labute approximate surface area is 251 Å². The Balaban J connectivity index is 1.21. The predicted octanol–water partition coefficient (Wildman–Crippen LogP) is 3.57. The molecule has 0 amide bonds. The monoisotopic (exact) mass is 620 g/mol. The van der Waals surface area contributed by atoms with E-state index in [1.54, 1.807) is 0 Å². The smallest absolute Gasteiger partial charge is 0.387 e. The fourth-order valence-electron chi connectivity index (χ4n) is 5.37. The van der Waals surface area contributed by atoms with E-state index in [4.69, 9.17) is 19.5 Å². The van der Waals surface area contributed by atoms with Crippen LogP contribution in [0, 0.1) is 11.3 Å². The van der Waals surface area contributed by atoms with E-state index in [1.165, 1.54) is 6.20 Å². The number of nitrogens with two attached hydrogens (primary N) is 1. The van der Waals surface area contributed by atoms with Crippen LogP contribution in [0.3, 0.4) is 0 Å². The highest BCUT2D eigenvalue weighted by atomic mass is 31.2. The standard InChI is InChI=1S/C29H30FN8O5P/c1-28(30)25(39)23(43-29(28,17-31)24-14-34-27-26(32)35-18-36-38(24)27)16-42-44(40,41-15-19-7-3-2-4-8-19)37-12-11-20-13-33-22-10-6-5-9-21(20)22/h2-10,13-14,18,23,25,33,39H,11-12,15-16H2,1H3,(H,37,40)(H2,32,35,36)/t23-,25-,28-,29+,44?/m1/s1. The van der Waals surface area contributed by atoms with Gasteiger partial charge in [-0.05, 0) is 30.5 Å². The number of hydrogen-bond acceptors (Lipinski definition) is 10. The first-order valence-electron chi connectivity index (χ1n) is 13.8. The second-order valence-electron chi connectivity index (χ2n) is 10.6. The Morgan fingerprint density at radius 1 is 1.23 bits per heavy atom. The van der Waals surface area contributed by atoms with E-state index in [9.17, 15) is 14.9 Å². The molecule has 1 aliphatic heterocycles. The van der Waals surface area contributed by atoms with Crippen molar-refractivity contribution in [1.82, 2.24) is 29.7 Å². The molecule has 6 rings (SSSR count). The molecule has 1 aliphatic rings. The van der Waals surface area contributed by atoms with E-state index in [1.807, 2.05) is 66.9 Å². The summed E-state index contributed by atoms with van der Waals surface area (Å²) in [6.07, 6.45) is 1.42. The highest BCUT2D eigenvalue weighted by molar-refractivity contribution is 7.51. The lowest BCUT2D eigenvalue weighted by molar-refractivity contribution is -0.0708. The number of anilines is 1. The first-order valence-corrected chi connectivity index (χ1v) is 15.4. The highest BCUT2D eigenvalue weighted by Crippen LogP contribution is 2.51. The van der Waals surface area contributed by atoms with Crippen LogP contribution in [0.25, 0.3) is 16.6 Å². The van der Waals surface area contributed by atoms with E-state index in [0.29, 0.717) is 6.42 Å². The number of nitrogens with one attached hydrogen (secondary N) is 2.